The quantitative estimate of drug-likeness (QED) is 0.489. The lowest BCUT2D eigenvalue weighted by Crippen LogP contribution is -2.45. The number of aryl methyl sites for hydroxylation is 1. The summed E-state index contributed by atoms with van der Waals surface area (Å²) in [4.78, 5) is 30.0. The molecule has 5 rings (SSSR count). The van der Waals surface area contributed by atoms with E-state index in [0.29, 0.717) is 35.9 Å². The second-order valence-electron chi connectivity index (χ2n) is 8.50. The first-order valence-electron chi connectivity index (χ1n) is 11.3. The second-order valence-corrected chi connectivity index (χ2v) is 8.50. The lowest BCUT2D eigenvalue weighted by atomic mass is 10.1. The van der Waals surface area contributed by atoms with Crippen LogP contribution in [0.15, 0.2) is 41.3 Å². The average Bonchev–Trinajstić information content (AvgIpc) is 3.21. The summed E-state index contributed by atoms with van der Waals surface area (Å²) in [7, 11) is 0. The first-order valence-corrected chi connectivity index (χ1v) is 11.3. The topological polar surface area (TPSA) is 94.9 Å². The summed E-state index contributed by atoms with van der Waals surface area (Å²) in [5.74, 6) is 7.23. The molecule has 0 radical (unpaired) electrons. The van der Waals surface area contributed by atoms with Crippen LogP contribution in [0, 0.1) is 18.8 Å². The van der Waals surface area contributed by atoms with E-state index in [1.807, 2.05) is 48.0 Å². The highest BCUT2D eigenvalue weighted by atomic mass is 16.1. The van der Waals surface area contributed by atoms with Crippen molar-refractivity contribution in [3.05, 3.63) is 58.4 Å². The van der Waals surface area contributed by atoms with Crippen molar-refractivity contribution in [3.63, 3.8) is 0 Å². The molecule has 0 spiro atoms. The van der Waals surface area contributed by atoms with E-state index < -0.39 is 0 Å². The molecule has 2 N–H and O–H groups in total. The summed E-state index contributed by atoms with van der Waals surface area (Å²) >= 11 is 0. The molecule has 1 aliphatic rings. The second kappa shape index (κ2) is 8.68. The number of piperidine rings is 1. The molecule has 4 heterocycles. The van der Waals surface area contributed by atoms with Crippen LogP contribution in [0.1, 0.15) is 31.3 Å². The SMILES string of the molecule is CC#CCn1c(N2CCC[C@@H](N)C2)nc2ccn(Cc3nc(C)c4ccccc4n3)c2c1=O. The minimum Gasteiger partial charge on any atom is -0.341 e. The van der Waals surface area contributed by atoms with Crippen LogP contribution in [-0.2, 0) is 13.1 Å². The average molecular weight is 442 g/mol. The molecule has 1 aliphatic heterocycles. The maximum absolute atomic E-state index is 13.7. The predicted octanol–water partition coefficient (Wildman–Crippen LogP) is 2.45. The molecular weight excluding hydrogens is 414 g/mol. The van der Waals surface area contributed by atoms with Crippen molar-refractivity contribution in [1.82, 2.24) is 24.1 Å². The highest BCUT2D eigenvalue weighted by Crippen LogP contribution is 2.21. The molecule has 0 saturated carbocycles. The molecule has 4 aromatic rings. The normalized spacial score (nSPS) is 16.2. The zero-order valence-corrected chi connectivity index (χ0v) is 19.0. The molecule has 8 nitrogen and oxygen atoms in total. The lowest BCUT2D eigenvalue weighted by molar-refractivity contribution is 0.492. The van der Waals surface area contributed by atoms with Crippen molar-refractivity contribution in [2.45, 2.75) is 45.8 Å². The summed E-state index contributed by atoms with van der Waals surface area (Å²) in [6.45, 7) is 5.94. The maximum Gasteiger partial charge on any atom is 0.280 e. The van der Waals surface area contributed by atoms with Crippen LogP contribution < -0.4 is 16.2 Å². The van der Waals surface area contributed by atoms with Gasteiger partial charge in [-0.2, -0.15) is 0 Å². The molecule has 1 saturated heterocycles. The van der Waals surface area contributed by atoms with Crippen molar-refractivity contribution in [2.75, 3.05) is 18.0 Å². The van der Waals surface area contributed by atoms with Gasteiger partial charge < -0.3 is 15.2 Å². The molecule has 0 aliphatic carbocycles. The van der Waals surface area contributed by atoms with Crippen molar-refractivity contribution in [3.8, 4) is 11.8 Å². The van der Waals surface area contributed by atoms with Crippen molar-refractivity contribution in [2.24, 2.45) is 5.73 Å². The van der Waals surface area contributed by atoms with Crippen LogP contribution in [0.25, 0.3) is 21.9 Å². The van der Waals surface area contributed by atoms with Crippen LogP contribution in [0.5, 0.6) is 0 Å². The van der Waals surface area contributed by atoms with Gasteiger partial charge in [-0.3, -0.25) is 9.36 Å². The molecule has 1 atom stereocenters. The van der Waals surface area contributed by atoms with Gasteiger partial charge in [-0.25, -0.2) is 15.0 Å². The minimum atomic E-state index is -0.112. The number of anilines is 1. The van der Waals surface area contributed by atoms with Gasteiger partial charge in [-0.1, -0.05) is 24.1 Å². The van der Waals surface area contributed by atoms with E-state index in [2.05, 4.69) is 21.7 Å². The Morgan fingerprint density at radius 3 is 2.82 bits per heavy atom. The van der Waals surface area contributed by atoms with Crippen molar-refractivity contribution in [1.29, 1.82) is 0 Å². The molecule has 0 unspecified atom stereocenters. The van der Waals surface area contributed by atoms with Gasteiger partial charge in [0.15, 0.2) is 0 Å². The van der Waals surface area contributed by atoms with Crippen LogP contribution in [0.3, 0.4) is 0 Å². The number of nitrogens with zero attached hydrogens (tertiary/aromatic N) is 6. The smallest absolute Gasteiger partial charge is 0.280 e. The maximum atomic E-state index is 13.7. The van der Waals surface area contributed by atoms with Crippen molar-refractivity contribution < 1.29 is 0 Å². The highest BCUT2D eigenvalue weighted by molar-refractivity contribution is 5.80. The molecule has 3 aromatic heterocycles. The zero-order valence-electron chi connectivity index (χ0n) is 19.0. The fourth-order valence-corrected chi connectivity index (χ4v) is 4.55. The first-order chi connectivity index (χ1) is 16.0. The van der Waals surface area contributed by atoms with Gasteiger partial charge in [0, 0.05) is 36.4 Å². The Morgan fingerprint density at radius 1 is 1.15 bits per heavy atom. The van der Waals surface area contributed by atoms with Gasteiger partial charge in [-0.05, 0) is 38.8 Å². The van der Waals surface area contributed by atoms with Crippen LogP contribution in [0.4, 0.5) is 5.95 Å². The van der Waals surface area contributed by atoms with Gasteiger partial charge >= 0.3 is 0 Å². The first kappa shape index (κ1) is 21.2. The fourth-order valence-electron chi connectivity index (χ4n) is 4.55. The molecule has 168 valence electrons. The third-order valence-corrected chi connectivity index (χ3v) is 6.16. The van der Waals surface area contributed by atoms with E-state index in [9.17, 15) is 4.79 Å². The number of hydrogen-bond donors (Lipinski definition) is 1. The lowest BCUT2D eigenvalue weighted by Gasteiger charge is -2.32. The van der Waals surface area contributed by atoms with Crippen LogP contribution in [-0.4, -0.2) is 43.2 Å². The molecule has 1 aromatic carbocycles. The Bertz CT molecular complexity index is 1460. The molecule has 0 amide bonds. The number of hydrogen-bond acceptors (Lipinski definition) is 6. The molecule has 33 heavy (non-hydrogen) atoms. The van der Waals surface area contributed by atoms with E-state index >= 15 is 0 Å². The molecule has 0 bridgehead atoms. The number of aromatic nitrogens is 5. The fraction of sp³-hybridized carbons (Fsp3) is 0.360. The van der Waals surface area contributed by atoms with Gasteiger partial charge in [0.1, 0.15) is 11.3 Å². The Labute approximate surface area is 192 Å². The summed E-state index contributed by atoms with van der Waals surface area (Å²) in [5.41, 5.74) is 9.10. The van der Waals surface area contributed by atoms with Gasteiger partial charge in [-0.15, -0.1) is 5.92 Å². The van der Waals surface area contributed by atoms with E-state index in [-0.39, 0.29) is 18.1 Å². The third-order valence-electron chi connectivity index (χ3n) is 6.16. The number of benzene rings is 1. The van der Waals surface area contributed by atoms with Crippen molar-refractivity contribution >= 4 is 27.9 Å². The summed E-state index contributed by atoms with van der Waals surface area (Å²) in [6, 6.07) is 9.91. The summed E-state index contributed by atoms with van der Waals surface area (Å²) in [6.07, 6.45) is 3.85. The molecular formula is C25H27N7O. The van der Waals surface area contributed by atoms with Gasteiger partial charge in [0.05, 0.1) is 24.1 Å². The monoisotopic (exact) mass is 441 g/mol. The largest absolute Gasteiger partial charge is 0.341 e. The standard InChI is InChI=1S/C25H27N7O/c1-3-4-13-32-24(33)23-21(29-25(32)31-12-7-8-18(26)15-31)11-14-30(23)16-22-27-17(2)19-9-5-6-10-20(19)28-22/h5-6,9-11,14,18H,7-8,12-13,15-16,26H2,1-2H3/t18-/m1/s1. The van der Waals surface area contributed by atoms with Gasteiger partial charge in [0.2, 0.25) is 5.95 Å². The minimum absolute atomic E-state index is 0.0787. The summed E-state index contributed by atoms with van der Waals surface area (Å²) in [5, 5.41) is 1.03. The highest BCUT2D eigenvalue weighted by Gasteiger charge is 2.23. The van der Waals surface area contributed by atoms with E-state index in [0.717, 1.165) is 36.0 Å². The van der Waals surface area contributed by atoms with Gasteiger partial charge in [0.25, 0.3) is 5.56 Å². The van der Waals surface area contributed by atoms with E-state index in [4.69, 9.17) is 15.7 Å². The van der Waals surface area contributed by atoms with Crippen LogP contribution in [0.2, 0.25) is 0 Å². The summed E-state index contributed by atoms with van der Waals surface area (Å²) < 4.78 is 3.55. The Hall–Kier alpha value is -3.70. The van der Waals surface area contributed by atoms with Crippen LogP contribution >= 0.6 is 0 Å². The Balaban J connectivity index is 1.60. The predicted molar refractivity (Wildman–Crippen MR) is 130 cm³/mol. The Kier molecular flexibility index (Phi) is 5.56. The molecule has 8 heteroatoms. The Morgan fingerprint density at radius 2 is 2.00 bits per heavy atom. The van der Waals surface area contributed by atoms with E-state index in [1.165, 1.54) is 0 Å². The number of rotatable bonds is 4. The molecule has 1 fully saturated rings. The third kappa shape index (κ3) is 3.96. The number of nitrogens with two attached hydrogens (primary N) is 1. The van der Waals surface area contributed by atoms with E-state index in [1.54, 1.807) is 11.5 Å². The number of para-hydroxylation sites is 1. The number of fused-ring (bicyclic) bond motifs is 2. The zero-order chi connectivity index (χ0) is 22.9.